The maximum absolute atomic E-state index is 13.2. The van der Waals surface area contributed by atoms with Crippen molar-refractivity contribution >= 4 is 17.5 Å². The predicted octanol–water partition coefficient (Wildman–Crippen LogP) is 2.47. The molecule has 98 valence electrons. The molecule has 1 saturated heterocycles. The standard InChI is InChI=1S/C13H15ClFNO2/c1-2-6-13(18)7-16(8-13)12(17)9-4-3-5-10(15)11(9)14/h3-5,18H,2,6-8H2,1H3. The fraction of sp³-hybridized carbons (Fsp3) is 0.462. The first-order valence-corrected chi connectivity index (χ1v) is 6.30. The number of β-amino-alcohol motifs (C(OH)–C–C–N with tert-alkyl or cyclic N) is 1. The molecule has 0 aromatic heterocycles. The van der Waals surface area contributed by atoms with E-state index >= 15 is 0 Å². The topological polar surface area (TPSA) is 40.5 Å². The lowest BCUT2D eigenvalue weighted by molar-refractivity contribution is -0.0860. The summed E-state index contributed by atoms with van der Waals surface area (Å²) in [7, 11) is 0. The van der Waals surface area contributed by atoms with Crippen LogP contribution in [0.3, 0.4) is 0 Å². The summed E-state index contributed by atoms with van der Waals surface area (Å²) >= 11 is 5.76. The Bertz CT molecular complexity index is 472. The lowest BCUT2D eigenvalue weighted by Gasteiger charge is -2.46. The number of carbonyl (C=O) groups excluding carboxylic acids is 1. The van der Waals surface area contributed by atoms with Crippen molar-refractivity contribution in [2.45, 2.75) is 25.4 Å². The minimum Gasteiger partial charge on any atom is -0.386 e. The van der Waals surface area contributed by atoms with Crippen molar-refractivity contribution < 1.29 is 14.3 Å². The van der Waals surface area contributed by atoms with Gasteiger partial charge >= 0.3 is 0 Å². The molecule has 0 bridgehead atoms. The second kappa shape index (κ2) is 4.86. The van der Waals surface area contributed by atoms with E-state index in [0.717, 1.165) is 6.42 Å². The van der Waals surface area contributed by atoms with Crippen LogP contribution in [0.1, 0.15) is 30.1 Å². The van der Waals surface area contributed by atoms with E-state index in [9.17, 15) is 14.3 Å². The van der Waals surface area contributed by atoms with Gasteiger partial charge in [-0.05, 0) is 18.6 Å². The summed E-state index contributed by atoms with van der Waals surface area (Å²) in [5, 5.41) is 9.84. The lowest BCUT2D eigenvalue weighted by Crippen LogP contribution is -2.63. The first-order chi connectivity index (χ1) is 8.47. The van der Waals surface area contributed by atoms with Gasteiger partial charge in [0.2, 0.25) is 0 Å². The number of hydrogen-bond acceptors (Lipinski definition) is 2. The van der Waals surface area contributed by atoms with Gasteiger partial charge in [0, 0.05) is 0 Å². The largest absolute Gasteiger partial charge is 0.386 e. The molecule has 18 heavy (non-hydrogen) atoms. The number of halogens is 2. The van der Waals surface area contributed by atoms with Crippen LogP contribution in [-0.4, -0.2) is 34.6 Å². The Hall–Kier alpha value is -1.13. The quantitative estimate of drug-likeness (QED) is 0.917. The van der Waals surface area contributed by atoms with E-state index in [1.54, 1.807) is 0 Å². The molecule has 0 radical (unpaired) electrons. The van der Waals surface area contributed by atoms with E-state index in [0.29, 0.717) is 6.42 Å². The molecule has 1 aromatic rings. The van der Waals surface area contributed by atoms with Gasteiger partial charge in [-0.3, -0.25) is 4.79 Å². The highest BCUT2D eigenvalue weighted by molar-refractivity contribution is 6.34. The van der Waals surface area contributed by atoms with Crippen LogP contribution in [0.5, 0.6) is 0 Å². The van der Waals surface area contributed by atoms with Crippen molar-refractivity contribution in [2.24, 2.45) is 0 Å². The van der Waals surface area contributed by atoms with E-state index in [4.69, 9.17) is 11.6 Å². The zero-order valence-corrected chi connectivity index (χ0v) is 10.9. The summed E-state index contributed by atoms with van der Waals surface area (Å²) in [4.78, 5) is 13.5. The molecule has 2 rings (SSSR count). The minimum absolute atomic E-state index is 0.148. The van der Waals surface area contributed by atoms with Crippen LogP contribution >= 0.6 is 11.6 Å². The molecule has 1 heterocycles. The van der Waals surface area contributed by atoms with Crippen LogP contribution in [0, 0.1) is 5.82 Å². The monoisotopic (exact) mass is 271 g/mol. The second-order valence-electron chi connectivity index (χ2n) is 4.74. The van der Waals surface area contributed by atoms with Crippen molar-refractivity contribution in [3.63, 3.8) is 0 Å². The predicted molar refractivity (Wildman–Crippen MR) is 67.2 cm³/mol. The molecule has 1 aromatic carbocycles. The maximum Gasteiger partial charge on any atom is 0.255 e. The summed E-state index contributed by atoms with van der Waals surface area (Å²) in [5.41, 5.74) is -0.639. The molecule has 0 aliphatic carbocycles. The van der Waals surface area contributed by atoms with Gasteiger partial charge in [-0.25, -0.2) is 4.39 Å². The van der Waals surface area contributed by atoms with E-state index in [1.165, 1.54) is 23.1 Å². The second-order valence-corrected chi connectivity index (χ2v) is 5.11. The maximum atomic E-state index is 13.2. The van der Waals surface area contributed by atoms with Crippen LogP contribution in [0.15, 0.2) is 18.2 Å². The smallest absolute Gasteiger partial charge is 0.255 e. The number of hydrogen-bond donors (Lipinski definition) is 1. The number of aliphatic hydroxyl groups is 1. The Kier molecular flexibility index (Phi) is 3.59. The summed E-state index contributed by atoms with van der Waals surface area (Å²) < 4.78 is 13.2. The fourth-order valence-electron chi connectivity index (χ4n) is 2.27. The minimum atomic E-state index is -0.787. The zero-order chi connectivity index (χ0) is 13.3. The van der Waals surface area contributed by atoms with Gasteiger partial charge in [-0.1, -0.05) is 31.0 Å². The van der Waals surface area contributed by atoms with E-state index < -0.39 is 11.4 Å². The van der Waals surface area contributed by atoms with Gasteiger partial charge in [0.05, 0.1) is 29.3 Å². The lowest BCUT2D eigenvalue weighted by atomic mass is 9.89. The van der Waals surface area contributed by atoms with Gasteiger partial charge in [-0.2, -0.15) is 0 Å². The number of likely N-dealkylation sites (tertiary alicyclic amines) is 1. The Morgan fingerprint density at radius 1 is 1.56 bits per heavy atom. The third kappa shape index (κ3) is 2.35. The fourth-order valence-corrected chi connectivity index (χ4v) is 2.48. The Morgan fingerprint density at radius 3 is 2.83 bits per heavy atom. The molecule has 1 fully saturated rings. The first kappa shape index (κ1) is 13.3. The number of nitrogens with zero attached hydrogens (tertiary/aromatic N) is 1. The van der Waals surface area contributed by atoms with Crippen LogP contribution in [0.4, 0.5) is 4.39 Å². The summed E-state index contributed by atoms with van der Waals surface area (Å²) in [6, 6.07) is 4.15. The Labute approximate surface area is 110 Å². The van der Waals surface area contributed by atoms with Crippen LogP contribution in [0.2, 0.25) is 5.02 Å². The van der Waals surface area contributed by atoms with Gasteiger partial charge in [0.25, 0.3) is 5.91 Å². The normalized spacial score (nSPS) is 17.4. The van der Waals surface area contributed by atoms with Gasteiger partial charge in [0.15, 0.2) is 0 Å². The summed E-state index contributed by atoms with van der Waals surface area (Å²) in [6.07, 6.45) is 1.52. The molecule has 0 saturated carbocycles. The highest BCUT2D eigenvalue weighted by atomic mass is 35.5. The Morgan fingerprint density at radius 2 is 2.22 bits per heavy atom. The van der Waals surface area contributed by atoms with E-state index in [1.807, 2.05) is 6.92 Å². The number of benzene rings is 1. The molecule has 1 N–H and O–H groups in total. The third-order valence-corrected chi connectivity index (χ3v) is 3.54. The van der Waals surface area contributed by atoms with Crippen molar-refractivity contribution in [1.82, 2.24) is 4.90 Å². The number of amides is 1. The number of carbonyl (C=O) groups is 1. The van der Waals surface area contributed by atoms with Crippen molar-refractivity contribution in [3.05, 3.63) is 34.6 Å². The molecule has 1 amide bonds. The molecular weight excluding hydrogens is 257 g/mol. The van der Waals surface area contributed by atoms with Gasteiger partial charge < -0.3 is 10.0 Å². The molecular formula is C13H15ClFNO2. The number of rotatable bonds is 3. The summed E-state index contributed by atoms with van der Waals surface area (Å²) in [5.74, 6) is -0.938. The zero-order valence-electron chi connectivity index (χ0n) is 10.1. The van der Waals surface area contributed by atoms with E-state index in [-0.39, 0.29) is 29.6 Å². The van der Waals surface area contributed by atoms with Crippen LogP contribution in [-0.2, 0) is 0 Å². The van der Waals surface area contributed by atoms with Crippen molar-refractivity contribution in [1.29, 1.82) is 0 Å². The van der Waals surface area contributed by atoms with E-state index in [2.05, 4.69) is 0 Å². The average molecular weight is 272 g/mol. The first-order valence-electron chi connectivity index (χ1n) is 5.92. The van der Waals surface area contributed by atoms with Crippen molar-refractivity contribution in [3.8, 4) is 0 Å². The SMILES string of the molecule is CCCC1(O)CN(C(=O)c2cccc(F)c2Cl)C1. The molecule has 1 aliphatic heterocycles. The molecule has 5 heteroatoms. The average Bonchev–Trinajstić information content (AvgIpc) is 2.29. The highest BCUT2D eigenvalue weighted by Crippen LogP contribution is 2.29. The molecule has 1 aliphatic rings. The van der Waals surface area contributed by atoms with Gasteiger partial charge in [-0.15, -0.1) is 0 Å². The van der Waals surface area contributed by atoms with Gasteiger partial charge in [0.1, 0.15) is 5.82 Å². The Balaban J connectivity index is 2.08. The highest BCUT2D eigenvalue weighted by Gasteiger charge is 2.43. The van der Waals surface area contributed by atoms with Crippen LogP contribution < -0.4 is 0 Å². The summed E-state index contributed by atoms with van der Waals surface area (Å²) in [6.45, 7) is 2.55. The molecule has 3 nitrogen and oxygen atoms in total. The van der Waals surface area contributed by atoms with Crippen molar-refractivity contribution in [2.75, 3.05) is 13.1 Å². The molecule has 0 spiro atoms. The molecule has 0 atom stereocenters. The third-order valence-electron chi connectivity index (χ3n) is 3.15. The van der Waals surface area contributed by atoms with Crippen LogP contribution in [0.25, 0.3) is 0 Å². The molecule has 0 unspecified atom stereocenters.